The van der Waals surface area contributed by atoms with E-state index in [2.05, 4.69) is 22.3 Å². The van der Waals surface area contributed by atoms with Crippen LogP contribution in [0.2, 0.25) is 0 Å². The molecule has 21 heavy (non-hydrogen) atoms. The Morgan fingerprint density at radius 2 is 1.95 bits per heavy atom. The van der Waals surface area contributed by atoms with Crippen LogP contribution >= 0.6 is 11.3 Å². The molecule has 0 saturated carbocycles. The Morgan fingerprint density at radius 3 is 2.62 bits per heavy atom. The Kier molecular flexibility index (Phi) is 4.22. The molecule has 0 radical (unpaired) electrons. The minimum absolute atomic E-state index is 0.0308. The van der Waals surface area contributed by atoms with Gasteiger partial charge in [-0.3, -0.25) is 4.79 Å². The van der Waals surface area contributed by atoms with Crippen LogP contribution in [0.5, 0.6) is 0 Å². The highest BCUT2D eigenvalue weighted by Crippen LogP contribution is 2.39. The number of morpholine rings is 1. The minimum Gasteiger partial charge on any atom is -0.378 e. The van der Waals surface area contributed by atoms with Gasteiger partial charge in [0.15, 0.2) is 0 Å². The number of carbonyl (C=O) groups is 1. The van der Waals surface area contributed by atoms with Gasteiger partial charge in [-0.05, 0) is 11.6 Å². The van der Waals surface area contributed by atoms with Gasteiger partial charge in [0.05, 0.1) is 23.1 Å². The fourth-order valence-electron chi connectivity index (χ4n) is 2.44. The van der Waals surface area contributed by atoms with Crippen molar-refractivity contribution in [3.8, 4) is 11.1 Å². The number of thiophene rings is 1. The molecule has 1 amide bonds. The van der Waals surface area contributed by atoms with Crippen molar-refractivity contribution < 1.29 is 9.53 Å². The normalized spacial score (nSPS) is 15.0. The van der Waals surface area contributed by atoms with Crippen LogP contribution in [0.3, 0.4) is 0 Å². The molecule has 1 saturated heterocycles. The summed E-state index contributed by atoms with van der Waals surface area (Å²) in [6, 6.07) is 12.2. The van der Waals surface area contributed by atoms with Crippen LogP contribution in [-0.4, -0.2) is 39.3 Å². The van der Waals surface area contributed by atoms with Crippen molar-refractivity contribution in [2.45, 2.75) is 0 Å². The zero-order valence-corrected chi connectivity index (χ0v) is 12.8. The van der Waals surface area contributed by atoms with Crippen molar-refractivity contribution in [3.05, 3.63) is 41.3 Å². The molecule has 2 aromatic rings. The number of amides is 1. The third-order valence-electron chi connectivity index (χ3n) is 3.55. The molecule has 5 heteroatoms. The number of benzene rings is 1. The maximum absolute atomic E-state index is 11.9. The molecule has 3 rings (SSSR count). The third-order valence-corrected chi connectivity index (χ3v) is 4.74. The first-order valence-corrected chi connectivity index (χ1v) is 7.85. The molecule has 1 aromatic carbocycles. The molecule has 1 aliphatic heterocycles. The Balaban J connectivity index is 2.03. The second-order valence-corrected chi connectivity index (χ2v) is 5.90. The van der Waals surface area contributed by atoms with Gasteiger partial charge in [-0.2, -0.15) is 0 Å². The summed E-state index contributed by atoms with van der Waals surface area (Å²) in [6.07, 6.45) is 0. The van der Waals surface area contributed by atoms with E-state index < -0.39 is 0 Å². The van der Waals surface area contributed by atoms with Crippen LogP contribution in [0.15, 0.2) is 36.4 Å². The minimum atomic E-state index is -0.0308. The van der Waals surface area contributed by atoms with Crippen molar-refractivity contribution in [3.63, 3.8) is 0 Å². The van der Waals surface area contributed by atoms with E-state index in [-0.39, 0.29) is 5.91 Å². The first-order chi connectivity index (χ1) is 10.3. The Hall–Kier alpha value is -1.85. The third kappa shape index (κ3) is 2.94. The quantitative estimate of drug-likeness (QED) is 0.947. The molecule has 110 valence electrons. The summed E-state index contributed by atoms with van der Waals surface area (Å²) in [6.45, 7) is 3.21. The molecule has 1 N–H and O–H groups in total. The van der Waals surface area contributed by atoms with Gasteiger partial charge in [0, 0.05) is 25.7 Å². The van der Waals surface area contributed by atoms with Crippen LogP contribution in [0.25, 0.3) is 11.1 Å². The highest BCUT2D eigenvalue weighted by Gasteiger charge is 2.21. The van der Waals surface area contributed by atoms with Gasteiger partial charge < -0.3 is 15.0 Å². The average Bonchev–Trinajstić information content (AvgIpc) is 3.01. The van der Waals surface area contributed by atoms with Crippen molar-refractivity contribution in [2.24, 2.45) is 0 Å². The van der Waals surface area contributed by atoms with E-state index in [1.807, 2.05) is 24.3 Å². The van der Waals surface area contributed by atoms with Gasteiger partial charge in [0.1, 0.15) is 0 Å². The molecular formula is C16H18N2O2S. The Bertz CT molecular complexity index is 618. The van der Waals surface area contributed by atoms with E-state index >= 15 is 0 Å². The topological polar surface area (TPSA) is 41.6 Å². The summed E-state index contributed by atoms with van der Waals surface area (Å²) in [4.78, 5) is 15.0. The van der Waals surface area contributed by atoms with E-state index in [1.54, 1.807) is 18.4 Å². The monoisotopic (exact) mass is 302 g/mol. The maximum atomic E-state index is 11.9. The van der Waals surface area contributed by atoms with Crippen LogP contribution in [-0.2, 0) is 4.74 Å². The standard InChI is InChI=1S/C16H18N2O2S/c1-17-15(19)14-11-13(12-5-3-2-4-6-12)16(21-14)18-7-9-20-10-8-18/h2-6,11H,7-10H2,1H3,(H,17,19). The molecule has 1 aromatic heterocycles. The predicted molar refractivity (Wildman–Crippen MR) is 86.2 cm³/mol. The number of nitrogens with one attached hydrogen (secondary N) is 1. The van der Waals surface area contributed by atoms with E-state index in [1.165, 1.54) is 0 Å². The summed E-state index contributed by atoms with van der Waals surface area (Å²) in [7, 11) is 1.67. The predicted octanol–water partition coefficient (Wildman–Crippen LogP) is 2.61. The van der Waals surface area contributed by atoms with Crippen molar-refractivity contribution in [1.82, 2.24) is 5.32 Å². The molecule has 2 heterocycles. The van der Waals surface area contributed by atoms with Gasteiger partial charge in [0.2, 0.25) is 0 Å². The number of nitrogens with zero attached hydrogens (tertiary/aromatic N) is 1. The van der Waals surface area contributed by atoms with Crippen LogP contribution < -0.4 is 10.2 Å². The van der Waals surface area contributed by atoms with Crippen molar-refractivity contribution >= 4 is 22.2 Å². The lowest BCUT2D eigenvalue weighted by atomic mass is 10.1. The lowest BCUT2D eigenvalue weighted by Gasteiger charge is -2.28. The maximum Gasteiger partial charge on any atom is 0.261 e. The summed E-state index contributed by atoms with van der Waals surface area (Å²) in [5.74, 6) is -0.0308. The van der Waals surface area contributed by atoms with E-state index in [4.69, 9.17) is 4.74 Å². The number of carbonyl (C=O) groups excluding carboxylic acids is 1. The molecule has 4 nitrogen and oxygen atoms in total. The molecule has 1 aliphatic rings. The van der Waals surface area contributed by atoms with E-state index in [0.717, 1.165) is 47.3 Å². The smallest absolute Gasteiger partial charge is 0.261 e. The molecular weight excluding hydrogens is 284 g/mol. The van der Waals surface area contributed by atoms with E-state index in [0.29, 0.717) is 0 Å². The van der Waals surface area contributed by atoms with Gasteiger partial charge in [0.25, 0.3) is 5.91 Å². The second-order valence-electron chi connectivity index (χ2n) is 4.87. The van der Waals surface area contributed by atoms with Crippen molar-refractivity contribution in [2.75, 3.05) is 38.3 Å². The Labute approximate surface area is 128 Å². The lowest BCUT2D eigenvalue weighted by molar-refractivity contribution is 0.0967. The zero-order chi connectivity index (χ0) is 14.7. The van der Waals surface area contributed by atoms with Gasteiger partial charge in [-0.25, -0.2) is 0 Å². The number of ether oxygens (including phenoxy) is 1. The van der Waals surface area contributed by atoms with Gasteiger partial charge in [-0.1, -0.05) is 30.3 Å². The first kappa shape index (κ1) is 14.1. The molecule has 0 unspecified atom stereocenters. The van der Waals surface area contributed by atoms with Gasteiger partial charge in [-0.15, -0.1) is 11.3 Å². The van der Waals surface area contributed by atoms with Gasteiger partial charge >= 0.3 is 0 Å². The zero-order valence-electron chi connectivity index (χ0n) is 12.0. The van der Waals surface area contributed by atoms with Crippen LogP contribution in [0.4, 0.5) is 5.00 Å². The fraction of sp³-hybridized carbons (Fsp3) is 0.312. The second kappa shape index (κ2) is 6.28. The number of rotatable bonds is 3. The number of anilines is 1. The number of hydrogen-bond donors (Lipinski definition) is 1. The molecule has 0 atom stereocenters. The van der Waals surface area contributed by atoms with Crippen LogP contribution in [0.1, 0.15) is 9.67 Å². The molecule has 0 spiro atoms. The SMILES string of the molecule is CNC(=O)c1cc(-c2ccccc2)c(N2CCOCC2)s1. The summed E-state index contributed by atoms with van der Waals surface area (Å²) < 4.78 is 5.43. The highest BCUT2D eigenvalue weighted by molar-refractivity contribution is 7.18. The molecule has 1 fully saturated rings. The fourth-order valence-corrected chi connectivity index (χ4v) is 3.62. The van der Waals surface area contributed by atoms with Crippen molar-refractivity contribution in [1.29, 1.82) is 0 Å². The lowest BCUT2D eigenvalue weighted by Crippen LogP contribution is -2.35. The summed E-state index contributed by atoms with van der Waals surface area (Å²) in [5.41, 5.74) is 2.27. The average molecular weight is 302 g/mol. The molecule has 0 bridgehead atoms. The Morgan fingerprint density at radius 1 is 1.24 bits per heavy atom. The first-order valence-electron chi connectivity index (χ1n) is 7.03. The van der Waals surface area contributed by atoms with Crippen LogP contribution in [0, 0.1) is 0 Å². The summed E-state index contributed by atoms with van der Waals surface area (Å²) >= 11 is 1.55. The largest absolute Gasteiger partial charge is 0.378 e. The summed E-state index contributed by atoms with van der Waals surface area (Å²) in [5, 5.41) is 3.86. The highest BCUT2D eigenvalue weighted by atomic mass is 32.1. The van der Waals surface area contributed by atoms with E-state index in [9.17, 15) is 4.79 Å². The number of hydrogen-bond acceptors (Lipinski definition) is 4. The molecule has 0 aliphatic carbocycles.